The normalized spacial score (nSPS) is 33.2. The summed E-state index contributed by atoms with van der Waals surface area (Å²) in [5.41, 5.74) is 0. The minimum Gasteiger partial charge on any atom is -0.313 e. The third-order valence-electron chi connectivity index (χ3n) is 4.60. The summed E-state index contributed by atoms with van der Waals surface area (Å²) in [6.07, 6.45) is 8.90. The molecule has 2 fully saturated rings. The van der Waals surface area contributed by atoms with Crippen LogP contribution in [0.1, 0.15) is 58.3 Å². The molecule has 0 aromatic heterocycles. The topological polar surface area (TPSA) is 58.2 Å². The Morgan fingerprint density at radius 2 is 1.84 bits per heavy atom. The molecule has 4 nitrogen and oxygen atoms in total. The predicted molar refractivity (Wildman–Crippen MR) is 78.6 cm³/mol. The highest BCUT2D eigenvalue weighted by atomic mass is 32.2. The minimum atomic E-state index is -3.12. The molecule has 1 aliphatic carbocycles. The molecule has 2 N–H and O–H groups in total. The molecule has 2 aliphatic rings. The molecule has 0 spiro atoms. The lowest BCUT2D eigenvalue weighted by molar-refractivity contribution is 0.306. The van der Waals surface area contributed by atoms with Crippen LogP contribution in [-0.2, 0) is 10.0 Å². The number of hydrogen-bond donors (Lipinski definition) is 2. The van der Waals surface area contributed by atoms with Crippen molar-refractivity contribution in [3.8, 4) is 0 Å². The summed E-state index contributed by atoms with van der Waals surface area (Å²) in [6.45, 7) is 3.19. The first kappa shape index (κ1) is 15.3. The number of rotatable bonds is 5. The molecule has 5 heteroatoms. The standard InChI is InChI=1S/C14H28N2O2S/c1-2-12-6-8-13(9-7-12)16-19(17,18)11-14-5-3-4-10-15-14/h12-16H,2-11H2,1H3. The van der Waals surface area contributed by atoms with Gasteiger partial charge in [0.15, 0.2) is 0 Å². The van der Waals surface area contributed by atoms with E-state index in [9.17, 15) is 8.42 Å². The van der Waals surface area contributed by atoms with E-state index in [1.54, 1.807) is 0 Å². The van der Waals surface area contributed by atoms with Crippen molar-refractivity contribution in [2.75, 3.05) is 12.3 Å². The SMILES string of the molecule is CCC1CCC(NS(=O)(=O)CC2CCCCN2)CC1. The van der Waals surface area contributed by atoms with Crippen LogP contribution in [0, 0.1) is 5.92 Å². The van der Waals surface area contributed by atoms with E-state index in [2.05, 4.69) is 17.0 Å². The van der Waals surface area contributed by atoms with Gasteiger partial charge in [-0.05, 0) is 51.0 Å². The molecule has 2 rings (SSSR count). The lowest BCUT2D eigenvalue weighted by Crippen LogP contribution is -2.45. The molecule has 1 saturated carbocycles. The Hall–Kier alpha value is -0.130. The molecule has 0 aromatic carbocycles. The largest absolute Gasteiger partial charge is 0.313 e. The molecule has 1 heterocycles. The van der Waals surface area contributed by atoms with E-state index >= 15 is 0 Å². The van der Waals surface area contributed by atoms with Crippen LogP contribution in [0.15, 0.2) is 0 Å². The van der Waals surface area contributed by atoms with Gasteiger partial charge in [0.1, 0.15) is 0 Å². The fraction of sp³-hybridized carbons (Fsp3) is 1.00. The average Bonchev–Trinajstić information content (AvgIpc) is 2.39. The van der Waals surface area contributed by atoms with Crippen LogP contribution >= 0.6 is 0 Å². The fourth-order valence-corrected chi connectivity index (χ4v) is 4.98. The van der Waals surface area contributed by atoms with Crippen LogP contribution in [0.4, 0.5) is 0 Å². The smallest absolute Gasteiger partial charge is 0.213 e. The van der Waals surface area contributed by atoms with E-state index in [0.717, 1.165) is 38.1 Å². The van der Waals surface area contributed by atoms with E-state index in [0.29, 0.717) is 0 Å². The van der Waals surface area contributed by atoms with Crippen LogP contribution in [0.2, 0.25) is 0 Å². The highest BCUT2D eigenvalue weighted by Gasteiger charge is 2.26. The fourth-order valence-electron chi connectivity index (χ4n) is 3.32. The Kier molecular flexibility index (Phi) is 5.66. The Morgan fingerprint density at radius 3 is 2.42 bits per heavy atom. The van der Waals surface area contributed by atoms with E-state index < -0.39 is 10.0 Å². The zero-order valence-corrected chi connectivity index (χ0v) is 12.8. The van der Waals surface area contributed by atoms with Crippen molar-refractivity contribution in [1.29, 1.82) is 0 Å². The van der Waals surface area contributed by atoms with Crippen LogP contribution < -0.4 is 10.0 Å². The molecule has 1 saturated heterocycles. The molecule has 112 valence electrons. The molecule has 1 unspecified atom stereocenters. The predicted octanol–water partition coefficient (Wildman–Crippen LogP) is 2.02. The van der Waals surface area contributed by atoms with Crippen LogP contribution in [0.5, 0.6) is 0 Å². The average molecular weight is 288 g/mol. The highest BCUT2D eigenvalue weighted by molar-refractivity contribution is 7.89. The molecule has 0 amide bonds. The van der Waals surface area contributed by atoms with Gasteiger partial charge in [0.05, 0.1) is 5.75 Å². The summed E-state index contributed by atoms with van der Waals surface area (Å²) < 4.78 is 27.3. The molecule has 1 atom stereocenters. The Labute approximate surface area is 117 Å². The number of hydrogen-bond acceptors (Lipinski definition) is 3. The first-order valence-corrected chi connectivity index (χ1v) is 9.47. The van der Waals surface area contributed by atoms with Gasteiger partial charge in [-0.25, -0.2) is 13.1 Å². The van der Waals surface area contributed by atoms with Gasteiger partial charge < -0.3 is 5.32 Å². The first-order valence-electron chi connectivity index (χ1n) is 7.82. The molecular formula is C14H28N2O2S. The first-order chi connectivity index (χ1) is 9.09. The van der Waals surface area contributed by atoms with E-state index in [1.807, 2.05) is 0 Å². The molecule has 0 bridgehead atoms. The van der Waals surface area contributed by atoms with E-state index in [1.165, 1.54) is 25.7 Å². The number of piperidine rings is 1. The maximum atomic E-state index is 12.2. The van der Waals surface area contributed by atoms with Gasteiger partial charge in [-0.2, -0.15) is 0 Å². The summed E-state index contributed by atoms with van der Waals surface area (Å²) in [5.74, 6) is 1.06. The van der Waals surface area contributed by atoms with Crippen molar-refractivity contribution < 1.29 is 8.42 Å². The van der Waals surface area contributed by atoms with Crippen molar-refractivity contribution >= 4 is 10.0 Å². The van der Waals surface area contributed by atoms with Crippen molar-refractivity contribution in [2.24, 2.45) is 5.92 Å². The zero-order valence-electron chi connectivity index (χ0n) is 12.0. The van der Waals surface area contributed by atoms with Crippen LogP contribution in [0.3, 0.4) is 0 Å². The van der Waals surface area contributed by atoms with Crippen molar-refractivity contribution in [3.05, 3.63) is 0 Å². The summed E-state index contributed by atoms with van der Waals surface area (Å²) in [4.78, 5) is 0. The second-order valence-corrected chi connectivity index (χ2v) is 7.97. The Morgan fingerprint density at radius 1 is 1.11 bits per heavy atom. The second-order valence-electron chi connectivity index (χ2n) is 6.17. The lowest BCUT2D eigenvalue weighted by atomic mass is 9.85. The third kappa shape index (κ3) is 5.04. The zero-order chi connectivity index (χ0) is 13.7. The van der Waals surface area contributed by atoms with Gasteiger partial charge in [-0.3, -0.25) is 0 Å². The second kappa shape index (κ2) is 7.04. The van der Waals surface area contributed by atoms with Gasteiger partial charge in [0, 0.05) is 12.1 Å². The highest BCUT2D eigenvalue weighted by Crippen LogP contribution is 2.26. The van der Waals surface area contributed by atoms with Gasteiger partial charge >= 0.3 is 0 Å². The van der Waals surface area contributed by atoms with Gasteiger partial charge in [-0.15, -0.1) is 0 Å². The number of sulfonamides is 1. The van der Waals surface area contributed by atoms with Gasteiger partial charge in [-0.1, -0.05) is 19.8 Å². The summed E-state index contributed by atoms with van der Waals surface area (Å²) >= 11 is 0. The van der Waals surface area contributed by atoms with E-state index in [4.69, 9.17) is 0 Å². The minimum absolute atomic E-state index is 0.151. The van der Waals surface area contributed by atoms with Crippen molar-refractivity contribution in [3.63, 3.8) is 0 Å². The Balaban J connectivity index is 1.77. The molecule has 19 heavy (non-hydrogen) atoms. The summed E-state index contributed by atoms with van der Waals surface area (Å²) in [6, 6.07) is 0.328. The van der Waals surface area contributed by atoms with Crippen LogP contribution in [-0.4, -0.2) is 32.8 Å². The third-order valence-corrected chi connectivity index (χ3v) is 6.14. The van der Waals surface area contributed by atoms with Crippen LogP contribution in [0.25, 0.3) is 0 Å². The van der Waals surface area contributed by atoms with Gasteiger partial charge in [0.2, 0.25) is 10.0 Å². The van der Waals surface area contributed by atoms with Crippen molar-refractivity contribution in [2.45, 2.75) is 70.4 Å². The van der Waals surface area contributed by atoms with E-state index in [-0.39, 0.29) is 17.8 Å². The molecule has 0 aromatic rings. The molecule has 0 radical (unpaired) electrons. The quantitative estimate of drug-likeness (QED) is 0.813. The van der Waals surface area contributed by atoms with Crippen molar-refractivity contribution in [1.82, 2.24) is 10.0 Å². The maximum absolute atomic E-state index is 12.2. The van der Waals surface area contributed by atoms with Gasteiger partial charge in [0.25, 0.3) is 0 Å². The summed E-state index contributed by atoms with van der Waals surface area (Å²) in [7, 11) is -3.12. The molecular weight excluding hydrogens is 260 g/mol. The lowest BCUT2D eigenvalue weighted by Gasteiger charge is -2.29. The number of nitrogens with one attached hydrogen (secondary N) is 2. The maximum Gasteiger partial charge on any atom is 0.213 e. The summed E-state index contributed by atoms with van der Waals surface area (Å²) in [5, 5.41) is 3.31. The molecule has 1 aliphatic heterocycles. The Bertz CT molecular complexity index is 356. The monoisotopic (exact) mass is 288 g/mol.